The predicted octanol–water partition coefficient (Wildman–Crippen LogP) is 3.25. The van der Waals surface area contributed by atoms with Gasteiger partial charge in [-0.3, -0.25) is 4.79 Å². The van der Waals surface area contributed by atoms with Crippen LogP contribution in [0.15, 0.2) is 18.2 Å². The fourth-order valence-electron chi connectivity index (χ4n) is 5.62. The van der Waals surface area contributed by atoms with E-state index in [-0.39, 0.29) is 29.6 Å². The molecule has 140 valence electrons. The molecule has 1 saturated carbocycles. The summed E-state index contributed by atoms with van der Waals surface area (Å²) in [5.41, 5.74) is 2.77. The Morgan fingerprint density at radius 2 is 2.08 bits per heavy atom. The molecule has 2 fully saturated rings. The van der Waals surface area contributed by atoms with E-state index < -0.39 is 0 Å². The second-order valence-corrected chi connectivity index (χ2v) is 8.04. The molecule has 5 heteroatoms. The van der Waals surface area contributed by atoms with E-state index in [4.69, 9.17) is 14.2 Å². The van der Waals surface area contributed by atoms with Crippen LogP contribution in [0, 0.1) is 11.8 Å². The van der Waals surface area contributed by atoms with E-state index in [1.165, 1.54) is 25.2 Å². The molecule has 4 rings (SSSR count). The highest BCUT2D eigenvalue weighted by Gasteiger charge is 2.56. The first-order valence-corrected chi connectivity index (χ1v) is 9.45. The molecule has 5 atom stereocenters. The summed E-state index contributed by atoms with van der Waals surface area (Å²) in [5.74, 6) is 0.554. The van der Waals surface area contributed by atoms with Gasteiger partial charge in [-0.1, -0.05) is 6.07 Å². The van der Waals surface area contributed by atoms with Crippen LogP contribution in [-0.4, -0.2) is 37.4 Å². The average Bonchev–Trinajstić information content (AvgIpc) is 3.00. The summed E-state index contributed by atoms with van der Waals surface area (Å²) in [6, 6.07) is 5.81. The first-order valence-electron chi connectivity index (χ1n) is 9.45. The molecule has 5 nitrogen and oxygen atoms in total. The number of aryl methyl sites for hydroxylation is 1. The van der Waals surface area contributed by atoms with E-state index in [9.17, 15) is 9.59 Å². The van der Waals surface area contributed by atoms with Crippen LogP contribution >= 0.6 is 0 Å². The summed E-state index contributed by atoms with van der Waals surface area (Å²) in [6.07, 6.45) is 3.58. The van der Waals surface area contributed by atoms with Gasteiger partial charge < -0.3 is 14.2 Å². The van der Waals surface area contributed by atoms with Crippen LogP contribution in [-0.2, 0) is 25.4 Å². The van der Waals surface area contributed by atoms with Crippen LogP contribution in [0.1, 0.15) is 60.5 Å². The second kappa shape index (κ2) is 6.38. The Morgan fingerprint density at radius 3 is 2.81 bits per heavy atom. The van der Waals surface area contributed by atoms with Gasteiger partial charge in [0.15, 0.2) is 0 Å². The van der Waals surface area contributed by atoms with Crippen molar-refractivity contribution < 1.29 is 23.8 Å². The van der Waals surface area contributed by atoms with Crippen molar-refractivity contribution in [3.05, 3.63) is 34.9 Å². The minimum absolute atomic E-state index is 0.175. The summed E-state index contributed by atoms with van der Waals surface area (Å²) in [6.45, 7) is 4.43. The van der Waals surface area contributed by atoms with E-state index in [0.29, 0.717) is 17.4 Å². The van der Waals surface area contributed by atoms with Gasteiger partial charge >= 0.3 is 11.9 Å². The molecule has 1 heterocycles. The summed E-state index contributed by atoms with van der Waals surface area (Å²) in [5, 5.41) is 0. The zero-order valence-electron chi connectivity index (χ0n) is 15.6. The van der Waals surface area contributed by atoms with Crippen molar-refractivity contribution >= 4 is 11.9 Å². The lowest BCUT2D eigenvalue weighted by molar-refractivity contribution is -0.162. The number of benzene rings is 1. The van der Waals surface area contributed by atoms with Gasteiger partial charge in [0.05, 0.1) is 18.3 Å². The summed E-state index contributed by atoms with van der Waals surface area (Å²) < 4.78 is 16.7. The standard InChI is InChI=1S/C21H26O5/c1-12(22)26-18-11-21(2)17(8-9-25-21)16-7-4-13-10-14(20(23)24-3)5-6-15(13)19(16)18/h5-6,10,16-19H,4,7-9,11H2,1-3H3/t16-,17-,18+,19+,21-/m0/s1. The lowest BCUT2D eigenvalue weighted by Crippen LogP contribution is -2.52. The quantitative estimate of drug-likeness (QED) is 0.760. The highest BCUT2D eigenvalue weighted by molar-refractivity contribution is 5.89. The Kier molecular flexibility index (Phi) is 4.30. The van der Waals surface area contributed by atoms with E-state index in [1.807, 2.05) is 18.2 Å². The number of hydrogen-bond donors (Lipinski definition) is 0. The van der Waals surface area contributed by atoms with E-state index in [2.05, 4.69) is 6.92 Å². The minimum Gasteiger partial charge on any atom is -0.465 e. The monoisotopic (exact) mass is 358 g/mol. The Labute approximate surface area is 154 Å². The third-order valence-corrected chi connectivity index (χ3v) is 6.62. The topological polar surface area (TPSA) is 61.8 Å². The van der Waals surface area contributed by atoms with Crippen LogP contribution in [0.5, 0.6) is 0 Å². The Hall–Kier alpha value is -1.88. The Bertz CT molecular complexity index is 742. The third kappa shape index (κ3) is 2.73. The summed E-state index contributed by atoms with van der Waals surface area (Å²) in [4.78, 5) is 23.6. The van der Waals surface area contributed by atoms with Crippen LogP contribution in [0.4, 0.5) is 0 Å². The Morgan fingerprint density at radius 1 is 1.27 bits per heavy atom. The van der Waals surface area contributed by atoms with Gasteiger partial charge in [0.1, 0.15) is 6.10 Å². The molecule has 26 heavy (non-hydrogen) atoms. The number of rotatable bonds is 2. The summed E-state index contributed by atoms with van der Waals surface area (Å²) in [7, 11) is 1.40. The summed E-state index contributed by atoms with van der Waals surface area (Å²) >= 11 is 0. The van der Waals surface area contributed by atoms with Crippen molar-refractivity contribution in [1.82, 2.24) is 0 Å². The van der Waals surface area contributed by atoms with Gasteiger partial charge in [0.25, 0.3) is 0 Å². The van der Waals surface area contributed by atoms with Gasteiger partial charge in [-0.2, -0.15) is 0 Å². The van der Waals surface area contributed by atoms with Gasteiger partial charge in [-0.15, -0.1) is 0 Å². The number of carbonyl (C=O) groups is 2. The second-order valence-electron chi connectivity index (χ2n) is 8.04. The molecule has 0 unspecified atom stereocenters. The molecule has 2 aliphatic carbocycles. The van der Waals surface area contributed by atoms with E-state index in [1.54, 1.807) is 0 Å². The first kappa shape index (κ1) is 17.5. The molecule has 3 aliphatic rings. The van der Waals surface area contributed by atoms with E-state index >= 15 is 0 Å². The minimum atomic E-state index is -0.313. The number of methoxy groups -OCH3 is 1. The number of ether oxygens (including phenoxy) is 3. The molecule has 0 amide bonds. The zero-order valence-corrected chi connectivity index (χ0v) is 15.6. The molecule has 0 radical (unpaired) electrons. The van der Waals surface area contributed by atoms with Gasteiger partial charge in [-0.25, -0.2) is 4.79 Å². The lowest BCUT2D eigenvalue weighted by Gasteiger charge is -2.51. The Balaban J connectivity index is 1.74. The van der Waals surface area contributed by atoms with Crippen molar-refractivity contribution in [1.29, 1.82) is 0 Å². The van der Waals surface area contributed by atoms with Crippen molar-refractivity contribution in [3.63, 3.8) is 0 Å². The van der Waals surface area contributed by atoms with Crippen molar-refractivity contribution in [2.24, 2.45) is 11.8 Å². The molecule has 1 aromatic rings. The zero-order chi connectivity index (χ0) is 18.5. The van der Waals surface area contributed by atoms with Crippen LogP contribution < -0.4 is 0 Å². The SMILES string of the molecule is COC(=O)c1ccc2c(c1)CC[C@@H]1[C@@H]2[C@H](OC(C)=O)C[C@]2(C)OCC[C@@H]12. The fraction of sp³-hybridized carbons (Fsp3) is 0.619. The fourth-order valence-corrected chi connectivity index (χ4v) is 5.62. The van der Waals surface area contributed by atoms with Crippen molar-refractivity contribution in [2.75, 3.05) is 13.7 Å². The van der Waals surface area contributed by atoms with E-state index in [0.717, 1.165) is 32.3 Å². The molecule has 0 bridgehead atoms. The maximum Gasteiger partial charge on any atom is 0.337 e. The number of carbonyl (C=O) groups excluding carboxylic acids is 2. The molecular formula is C21H26O5. The first-order chi connectivity index (χ1) is 12.4. The molecule has 1 aliphatic heterocycles. The maximum absolute atomic E-state index is 11.9. The molecule has 1 aromatic carbocycles. The van der Waals surface area contributed by atoms with Crippen LogP contribution in [0.2, 0.25) is 0 Å². The van der Waals surface area contributed by atoms with Crippen molar-refractivity contribution in [3.8, 4) is 0 Å². The number of esters is 2. The number of fused-ring (bicyclic) bond motifs is 5. The highest BCUT2D eigenvalue weighted by Crippen LogP contribution is 2.56. The molecule has 1 saturated heterocycles. The number of hydrogen-bond acceptors (Lipinski definition) is 5. The van der Waals surface area contributed by atoms with Gasteiger partial charge in [-0.05, 0) is 61.3 Å². The van der Waals surface area contributed by atoms with Crippen molar-refractivity contribution in [2.45, 2.75) is 57.2 Å². The third-order valence-electron chi connectivity index (χ3n) is 6.62. The largest absolute Gasteiger partial charge is 0.465 e. The molecule has 0 N–H and O–H groups in total. The maximum atomic E-state index is 11.9. The lowest BCUT2D eigenvalue weighted by atomic mass is 9.57. The highest BCUT2D eigenvalue weighted by atomic mass is 16.5. The smallest absolute Gasteiger partial charge is 0.337 e. The van der Waals surface area contributed by atoms with Crippen LogP contribution in [0.25, 0.3) is 0 Å². The molecule has 0 aromatic heterocycles. The van der Waals surface area contributed by atoms with Gasteiger partial charge in [0.2, 0.25) is 0 Å². The predicted molar refractivity (Wildman–Crippen MR) is 95.0 cm³/mol. The van der Waals surface area contributed by atoms with Crippen LogP contribution in [0.3, 0.4) is 0 Å². The molecular weight excluding hydrogens is 332 g/mol. The molecule has 0 spiro atoms. The normalized spacial score (nSPS) is 35.0. The van der Waals surface area contributed by atoms with Gasteiger partial charge in [0, 0.05) is 25.9 Å². The average molecular weight is 358 g/mol.